The zero-order chi connectivity index (χ0) is 22.5. The fraction of sp³-hybridized carbons (Fsp3) is 0.105. The Morgan fingerprint density at radius 2 is 1.23 bits per heavy atom. The number of halogens is 6. The summed E-state index contributed by atoms with van der Waals surface area (Å²) in [6.45, 7) is 0. The number of ketones is 1. The summed E-state index contributed by atoms with van der Waals surface area (Å²) < 4.78 is 73.8. The minimum atomic E-state index is -5.09. The fourth-order valence-corrected chi connectivity index (χ4v) is 2.14. The fourth-order valence-electron chi connectivity index (χ4n) is 2.14. The highest BCUT2D eigenvalue weighted by atomic mass is 19.4. The van der Waals surface area contributed by atoms with Crippen molar-refractivity contribution in [3.8, 4) is 0 Å². The lowest BCUT2D eigenvalue weighted by Gasteiger charge is -2.08. The molecule has 2 amide bonds. The maximum atomic E-state index is 12.3. The molecule has 0 saturated carbocycles. The van der Waals surface area contributed by atoms with Gasteiger partial charge in [-0.2, -0.15) is 26.3 Å². The molecule has 0 aromatic heterocycles. The van der Waals surface area contributed by atoms with E-state index in [1.54, 1.807) is 10.6 Å². The third-order valence-electron chi connectivity index (χ3n) is 3.49. The van der Waals surface area contributed by atoms with E-state index in [2.05, 4.69) is 0 Å². The van der Waals surface area contributed by atoms with Crippen molar-refractivity contribution < 1.29 is 40.7 Å². The van der Waals surface area contributed by atoms with E-state index in [0.29, 0.717) is 0 Å². The molecule has 2 N–H and O–H groups in total. The van der Waals surface area contributed by atoms with E-state index < -0.39 is 30.0 Å². The number of carbonyl (C=O) groups excluding carboxylic acids is 3. The number of carbonyl (C=O) groups is 3. The molecular weight excluding hydrogens is 418 g/mol. The number of allylic oxidation sites excluding steroid dienone is 1. The molecule has 2 rings (SSSR count). The van der Waals surface area contributed by atoms with Crippen LogP contribution in [0.1, 0.15) is 15.9 Å². The first-order valence-corrected chi connectivity index (χ1v) is 8.05. The van der Waals surface area contributed by atoms with E-state index in [1.807, 2.05) is 0 Å². The van der Waals surface area contributed by atoms with E-state index in [4.69, 9.17) is 0 Å². The Hall–Kier alpha value is -3.63. The van der Waals surface area contributed by atoms with Crippen molar-refractivity contribution in [2.45, 2.75) is 12.4 Å². The number of hydrogen-bond acceptors (Lipinski definition) is 3. The van der Waals surface area contributed by atoms with Gasteiger partial charge in [0.2, 0.25) is 0 Å². The molecule has 5 nitrogen and oxygen atoms in total. The van der Waals surface area contributed by atoms with E-state index >= 15 is 0 Å². The molecule has 2 aromatic rings. The maximum absolute atomic E-state index is 12.3. The number of amides is 2. The molecule has 0 aliphatic rings. The second-order valence-corrected chi connectivity index (χ2v) is 5.81. The molecule has 0 aliphatic carbocycles. The van der Waals surface area contributed by atoms with Crippen molar-refractivity contribution in [1.29, 1.82) is 0 Å². The predicted octanol–water partition coefficient (Wildman–Crippen LogP) is 4.58. The lowest BCUT2D eigenvalue weighted by Crippen LogP contribution is -2.29. The van der Waals surface area contributed by atoms with Gasteiger partial charge in [-0.25, -0.2) is 0 Å². The predicted molar refractivity (Wildman–Crippen MR) is 95.6 cm³/mol. The van der Waals surface area contributed by atoms with Gasteiger partial charge >= 0.3 is 24.2 Å². The highest BCUT2D eigenvalue weighted by molar-refractivity contribution is 6.08. The van der Waals surface area contributed by atoms with Crippen LogP contribution in [0.15, 0.2) is 54.6 Å². The first-order chi connectivity index (χ1) is 13.9. The summed E-state index contributed by atoms with van der Waals surface area (Å²) in [6, 6.07) is 9.98. The molecule has 30 heavy (non-hydrogen) atoms. The topological polar surface area (TPSA) is 75.3 Å². The van der Waals surface area contributed by atoms with Crippen LogP contribution in [0, 0.1) is 0 Å². The van der Waals surface area contributed by atoms with E-state index in [0.717, 1.165) is 18.2 Å². The molecule has 0 heterocycles. The van der Waals surface area contributed by atoms with Gasteiger partial charge < -0.3 is 10.6 Å². The number of benzene rings is 2. The summed E-state index contributed by atoms with van der Waals surface area (Å²) in [5, 5.41) is 3.28. The molecule has 11 heteroatoms. The van der Waals surface area contributed by atoms with Crippen molar-refractivity contribution in [3.63, 3.8) is 0 Å². The largest absolute Gasteiger partial charge is 0.471 e. The summed E-state index contributed by atoms with van der Waals surface area (Å²) >= 11 is 0. The molecule has 2 aromatic carbocycles. The first kappa shape index (κ1) is 22.7. The van der Waals surface area contributed by atoms with Crippen LogP contribution in [0.3, 0.4) is 0 Å². The van der Waals surface area contributed by atoms with Gasteiger partial charge in [-0.15, -0.1) is 0 Å². The summed E-state index contributed by atoms with van der Waals surface area (Å²) in [6.07, 6.45) is -7.87. The number of nitrogens with one attached hydrogen (secondary N) is 2. The van der Waals surface area contributed by atoms with Crippen molar-refractivity contribution in [2.75, 3.05) is 10.6 Å². The Balaban J connectivity index is 2.11. The Kier molecular flexibility index (Phi) is 6.65. The van der Waals surface area contributed by atoms with Crippen LogP contribution < -0.4 is 10.6 Å². The Morgan fingerprint density at radius 1 is 0.733 bits per heavy atom. The van der Waals surface area contributed by atoms with Crippen LogP contribution in [0.2, 0.25) is 0 Å². The average Bonchev–Trinajstić information content (AvgIpc) is 2.65. The number of rotatable bonds is 5. The first-order valence-electron chi connectivity index (χ1n) is 8.05. The van der Waals surface area contributed by atoms with Gasteiger partial charge in [0.15, 0.2) is 5.78 Å². The molecule has 0 fully saturated rings. The standard InChI is InChI=1S/C19H12F6N2O3/c20-18(21,22)16(29)26-13-5-1-3-11(9-13)7-8-15(28)12-4-2-6-14(10-12)27-17(30)19(23,24)25/h1-10H,(H,26,29)(H,27,30). The normalized spacial score (nSPS) is 11.9. The van der Waals surface area contributed by atoms with Crippen molar-refractivity contribution in [2.24, 2.45) is 0 Å². The highest BCUT2D eigenvalue weighted by Crippen LogP contribution is 2.21. The summed E-state index contributed by atoms with van der Waals surface area (Å²) in [5.41, 5.74) is -0.144. The third-order valence-corrected chi connectivity index (χ3v) is 3.49. The molecule has 0 radical (unpaired) electrons. The zero-order valence-electron chi connectivity index (χ0n) is 14.8. The zero-order valence-corrected chi connectivity index (χ0v) is 14.8. The molecule has 0 unspecified atom stereocenters. The molecule has 0 bridgehead atoms. The molecular formula is C19H12F6N2O3. The second-order valence-electron chi connectivity index (χ2n) is 5.81. The van der Waals surface area contributed by atoms with Gasteiger partial charge in [0.25, 0.3) is 0 Å². The van der Waals surface area contributed by atoms with Crippen LogP contribution in [-0.4, -0.2) is 30.0 Å². The van der Waals surface area contributed by atoms with Crippen molar-refractivity contribution >= 4 is 35.0 Å². The second kappa shape index (κ2) is 8.80. The van der Waals surface area contributed by atoms with Gasteiger partial charge in [0.1, 0.15) is 0 Å². The molecule has 0 spiro atoms. The lowest BCUT2D eigenvalue weighted by molar-refractivity contribution is -0.167. The minimum absolute atomic E-state index is 0.0345. The molecule has 158 valence electrons. The van der Waals surface area contributed by atoms with E-state index in [-0.39, 0.29) is 22.5 Å². The minimum Gasteiger partial charge on any atom is -0.318 e. The Labute approximate surface area is 165 Å². The highest BCUT2D eigenvalue weighted by Gasteiger charge is 2.39. The summed E-state index contributed by atoms with van der Waals surface area (Å²) in [4.78, 5) is 34.1. The SMILES string of the molecule is O=C(C=Cc1cccc(NC(=O)C(F)(F)F)c1)c1cccc(NC(=O)C(F)(F)F)c1. The quantitative estimate of drug-likeness (QED) is 0.414. The average molecular weight is 430 g/mol. The number of hydrogen-bond donors (Lipinski definition) is 2. The van der Waals surface area contributed by atoms with Crippen LogP contribution >= 0.6 is 0 Å². The van der Waals surface area contributed by atoms with E-state index in [1.165, 1.54) is 42.5 Å². The Bertz CT molecular complexity index is 996. The molecule has 0 aliphatic heterocycles. The van der Waals surface area contributed by atoms with Crippen molar-refractivity contribution in [3.05, 3.63) is 65.7 Å². The van der Waals surface area contributed by atoms with Crippen LogP contribution in [0.25, 0.3) is 6.08 Å². The Morgan fingerprint density at radius 3 is 1.77 bits per heavy atom. The molecule has 0 saturated heterocycles. The monoisotopic (exact) mass is 430 g/mol. The van der Waals surface area contributed by atoms with Gasteiger partial charge in [-0.3, -0.25) is 14.4 Å². The lowest BCUT2D eigenvalue weighted by atomic mass is 10.1. The van der Waals surface area contributed by atoms with Crippen LogP contribution in [-0.2, 0) is 9.59 Å². The van der Waals surface area contributed by atoms with Gasteiger partial charge in [-0.1, -0.05) is 30.3 Å². The van der Waals surface area contributed by atoms with Gasteiger partial charge in [-0.05, 0) is 35.9 Å². The van der Waals surface area contributed by atoms with Crippen LogP contribution in [0.5, 0.6) is 0 Å². The van der Waals surface area contributed by atoms with Gasteiger partial charge in [0.05, 0.1) is 0 Å². The smallest absolute Gasteiger partial charge is 0.318 e. The third kappa shape index (κ3) is 6.47. The number of alkyl halides is 6. The van der Waals surface area contributed by atoms with E-state index in [9.17, 15) is 40.7 Å². The maximum Gasteiger partial charge on any atom is 0.471 e. The molecule has 0 atom stereocenters. The van der Waals surface area contributed by atoms with Crippen molar-refractivity contribution in [1.82, 2.24) is 0 Å². The summed E-state index contributed by atoms with van der Waals surface area (Å²) in [7, 11) is 0. The van der Waals surface area contributed by atoms with Gasteiger partial charge in [0, 0.05) is 16.9 Å². The van der Waals surface area contributed by atoms with Crippen LogP contribution in [0.4, 0.5) is 37.7 Å². The summed E-state index contributed by atoms with van der Waals surface area (Å²) in [5.74, 6) is -4.99. The number of anilines is 2.